The van der Waals surface area contributed by atoms with Crippen molar-refractivity contribution in [3.8, 4) is 0 Å². The number of hydrogen-bond donors (Lipinski definition) is 1. The molecule has 0 aliphatic carbocycles. The summed E-state index contributed by atoms with van der Waals surface area (Å²) in [4.78, 5) is 14.9. The van der Waals surface area contributed by atoms with Crippen LogP contribution in [-0.4, -0.2) is 9.91 Å². The zero-order chi connectivity index (χ0) is 13.8. The maximum atomic E-state index is 11.0. The molecule has 0 radical (unpaired) electrons. The maximum absolute atomic E-state index is 11.0. The van der Waals surface area contributed by atoms with E-state index in [0.717, 1.165) is 5.69 Å². The van der Waals surface area contributed by atoms with Crippen LogP contribution in [-0.2, 0) is 6.54 Å². The molecule has 0 spiro atoms. The Hall–Kier alpha value is -2.43. The minimum atomic E-state index is -0.349. The van der Waals surface area contributed by atoms with Gasteiger partial charge in [0, 0.05) is 17.4 Å². The van der Waals surface area contributed by atoms with Gasteiger partial charge in [0.15, 0.2) is 0 Å². The molecule has 1 heterocycles. The van der Waals surface area contributed by atoms with E-state index in [2.05, 4.69) is 10.3 Å². The first-order valence-corrected chi connectivity index (χ1v) is 5.98. The number of benzene rings is 1. The Morgan fingerprint density at radius 2 is 1.95 bits per heavy atom. The predicted octanol–water partition coefficient (Wildman–Crippen LogP) is 3.22. The van der Waals surface area contributed by atoms with E-state index < -0.39 is 0 Å². The van der Waals surface area contributed by atoms with Crippen LogP contribution in [0.1, 0.15) is 16.8 Å². The minimum Gasteiger partial charge on any atom is -0.379 e. The monoisotopic (exact) mass is 257 g/mol. The molecule has 1 aromatic carbocycles. The summed E-state index contributed by atoms with van der Waals surface area (Å²) in [5, 5.41) is 14.2. The lowest BCUT2D eigenvalue weighted by molar-refractivity contribution is -0.386. The van der Waals surface area contributed by atoms with Crippen LogP contribution in [0.3, 0.4) is 0 Å². The molecule has 0 unspecified atom stereocenters. The van der Waals surface area contributed by atoms with Gasteiger partial charge in [-0.25, -0.2) is 0 Å². The van der Waals surface area contributed by atoms with Gasteiger partial charge in [0.05, 0.1) is 22.7 Å². The molecular weight excluding hydrogens is 242 g/mol. The number of nitro groups is 1. The summed E-state index contributed by atoms with van der Waals surface area (Å²) in [5.74, 6) is 0. The lowest BCUT2D eigenvalue weighted by Gasteiger charge is -2.09. The van der Waals surface area contributed by atoms with Crippen LogP contribution >= 0.6 is 0 Å². The van der Waals surface area contributed by atoms with Gasteiger partial charge < -0.3 is 5.32 Å². The van der Waals surface area contributed by atoms with E-state index in [9.17, 15) is 10.1 Å². The van der Waals surface area contributed by atoms with Crippen molar-refractivity contribution in [1.29, 1.82) is 0 Å². The SMILES string of the molecule is Cc1cnc(CNc2ccccc2)c(C)c1[N+](=O)[O-]. The van der Waals surface area contributed by atoms with E-state index in [1.165, 1.54) is 0 Å². The fourth-order valence-corrected chi connectivity index (χ4v) is 1.97. The molecule has 0 saturated heterocycles. The zero-order valence-corrected chi connectivity index (χ0v) is 10.9. The Labute approximate surface area is 111 Å². The molecule has 1 aromatic heterocycles. The third kappa shape index (κ3) is 2.88. The molecule has 0 fully saturated rings. The van der Waals surface area contributed by atoms with Crippen molar-refractivity contribution < 1.29 is 4.92 Å². The molecule has 98 valence electrons. The van der Waals surface area contributed by atoms with Gasteiger partial charge in [-0.15, -0.1) is 0 Å². The molecule has 2 rings (SSSR count). The smallest absolute Gasteiger partial charge is 0.278 e. The number of anilines is 1. The Morgan fingerprint density at radius 1 is 1.26 bits per heavy atom. The molecule has 0 aliphatic heterocycles. The van der Waals surface area contributed by atoms with E-state index >= 15 is 0 Å². The van der Waals surface area contributed by atoms with Gasteiger partial charge in [-0.2, -0.15) is 0 Å². The van der Waals surface area contributed by atoms with E-state index in [1.54, 1.807) is 20.0 Å². The maximum Gasteiger partial charge on any atom is 0.278 e. The lowest BCUT2D eigenvalue weighted by atomic mass is 10.1. The summed E-state index contributed by atoms with van der Waals surface area (Å²) in [6.45, 7) is 3.91. The lowest BCUT2D eigenvalue weighted by Crippen LogP contribution is -2.07. The predicted molar refractivity (Wildman–Crippen MR) is 74.1 cm³/mol. The highest BCUT2D eigenvalue weighted by atomic mass is 16.6. The van der Waals surface area contributed by atoms with Crippen LogP contribution in [0.25, 0.3) is 0 Å². The fraction of sp³-hybridized carbons (Fsp3) is 0.214. The van der Waals surface area contributed by atoms with E-state index in [4.69, 9.17) is 0 Å². The molecule has 0 saturated carbocycles. The summed E-state index contributed by atoms with van der Waals surface area (Å²) in [6, 6.07) is 9.68. The molecule has 5 heteroatoms. The zero-order valence-electron chi connectivity index (χ0n) is 10.9. The molecule has 1 N–H and O–H groups in total. The molecule has 0 amide bonds. The molecule has 0 bridgehead atoms. The summed E-state index contributed by atoms with van der Waals surface area (Å²) in [6.07, 6.45) is 1.55. The van der Waals surface area contributed by atoms with Crippen molar-refractivity contribution in [2.75, 3.05) is 5.32 Å². The number of nitrogens with zero attached hydrogens (tertiary/aromatic N) is 2. The summed E-state index contributed by atoms with van der Waals surface area (Å²) in [5.41, 5.74) is 3.02. The van der Waals surface area contributed by atoms with E-state index in [0.29, 0.717) is 23.4 Å². The van der Waals surface area contributed by atoms with Crippen LogP contribution in [0, 0.1) is 24.0 Å². The Balaban J connectivity index is 2.22. The first-order valence-electron chi connectivity index (χ1n) is 5.98. The average Bonchev–Trinajstić information content (AvgIpc) is 2.38. The molecule has 0 aliphatic rings. The molecule has 5 nitrogen and oxygen atoms in total. The van der Waals surface area contributed by atoms with Gasteiger partial charge in [0.1, 0.15) is 0 Å². The first kappa shape index (κ1) is 13.0. The number of pyridine rings is 1. The number of rotatable bonds is 4. The quantitative estimate of drug-likeness (QED) is 0.674. The molecular formula is C14H15N3O2. The van der Waals surface area contributed by atoms with Gasteiger partial charge >= 0.3 is 0 Å². The number of nitrogens with one attached hydrogen (secondary N) is 1. The minimum absolute atomic E-state index is 0.153. The summed E-state index contributed by atoms with van der Waals surface area (Å²) in [7, 11) is 0. The summed E-state index contributed by atoms with van der Waals surface area (Å²) < 4.78 is 0. The first-order chi connectivity index (χ1) is 9.09. The number of aromatic nitrogens is 1. The third-order valence-corrected chi connectivity index (χ3v) is 2.99. The fourth-order valence-electron chi connectivity index (χ4n) is 1.97. The Morgan fingerprint density at radius 3 is 2.58 bits per heavy atom. The normalized spacial score (nSPS) is 10.2. The second-order valence-electron chi connectivity index (χ2n) is 4.34. The second-order valence-corrected chi connectivity index (χ2v) is 4.34. The van der Waals surface area contributed by atoms with Gasteiger partial charge in [-0.1, -0.05) is 18.2 Å². The van der Waals surface area contributed by atoms with Crippen molar-refractivity contribution in [3.05, 3.63) is 63.5 Å². The van der Waals surface area contributed by atoms with Crippen molar-refractivity contribution >= 4 is 11.4 Å². The van der Waals surface area contributed by atoms with Crippen LogP contribution in [0.2, 0.25) is 0 Å². The molecule has 2 aromatic rings. The van der Waals surface area contributed by atoms with Crippen molar-refractivity contribution in [3.63, 3.8) is 0 Å². The largest absolute Gasteiger partial charge is 0.379 e. The van der Waals surface area contributed by atoms with E-state index in [1.807, 2.05) is 30.3 Å². The van der Waals surface area contributed by atoms with Crippen LogP contribution in [0.15, 0.2) is 36.5 Å². The van der Waals surface area contributed by atoms with Crippen molar-refractivity contribution in [1.82, 2.24) is 4.98 Å². The number of aryl methyl sites for hydroxylation is 1. The topological polar surface area (TPSA) is 68.1 Å². The van der Waals surface area contributed by atoms with Crippen LogP contribution < -0.4 is 5.32 Å². The highest BCUT2D eigenvalue weighted by Crippen LogP contribution is 2.24. The third-order valence-electron chi connectivity index (χ3n) is 2.99. The molecule has 0 atom stereocenters. The van der Waals surface area contributed by atoms with Crippen LogP contribution in [0.4, 0.5) is 11.4 Å². The highest BCUT2D eigenvalue weighted by molar-refractivity contribution is 5.49. The van der Waals surface area contributed by atoms with Gasteiger partial charge in [0.2, 0.25) is 0 Å². The van der Waals surface area contributed by atoms with Gasteiger partial charge in [-0.05, 0) is 26.0 Å². The molecule has 19 heavy (non-hydrogen) atoms. The standard InChI is InChI=1S/C14H15N3O2/c1-10-8-16-13(11(2)14(10)17(18)19)9-15-12-6-4-3-5-7-12/h3-8,15H,9H2,1-2H3. The van der Waals surface area contributed by atoms with Gasteiger partial charge in [-0.3, -0.25) is 15.1 Å². The highest BCUT2D eigenvalue weighted by Gasteiger charge is 2.18. The van der Waals surface area contributed by atoms with E-state index in [-0.39, 0.29) is 10.6 Å². The summed E-state index contributed by atoms with van der Waals surface area (Å²) >= 11 is 0. The Kier molecular flexibility index (Phi) is 3.75. The van der Waals surface area contributed by atoms with Gasteiger partial charge in [0.25, 0.3) is 5.69 Å². The number of para-hydroxylation sites is 1. The van der Waals surface area contributed by atoms with Crippen molar-refractivity contribution in [2.45, 2.75) is 20.4 Å². The van der Waals surface area contributed by atoms with Crippen LogP contribution in [0.5, 0.6) is 0 Å². The Bertz CT molecular complexity index is 597. The average molecular weight is 257 g/mol. The number of hydrogen-bond acceptors (Lipinski definition) is 4. The second kappa shape index (κ2) is 5.48. The van der Waals surface area contributed by atoms with Crippen molar-refractivity contribution in [2.24, 2.45) is 0 Å².